The van der Waals surface area contributed by atoms with Crippen molar-refractivity contribution >= 4 is 11.3 Å². The average molecular weight is 238 g/mol. The quantitative estimate of drug-likeness (QED) is 0.877. The second-order valence-corrected chi connectivity index (χ2v) is 6.07. The van der Waals surface area contributed by atoms with Crippen LogP contribution in [-0.2, 0) is 0 Å². The molecule has 0 bridgehead atoms. The third kappa shape index (κ3) is 2.84. The van der Waals surface area contributed by atoms with E-state index in [0.29, 0.717) is 6.04 Å². The highest BCUT2D eigenvalue weighted by Crippen LogP contribution is 2.25. The Balaban J connectivity index is 1.89. The highest BCUT2D eigenvalue weighted by atomic mass is 32.1. The van der Waals surface area contributed by atoms with E-state index in [1.54, 1.807) is 11.3 Å². The Morgan fingerprint density at radius 3 is 3.00 bits per heavy atom. The van der Waals surface area contributed by atoms with Gasteiger partial charge in [0, 0.05) is 17.5 Å². The summed E-state index contributed by atoms with van der Waals surface area (Å²) in [5.74, 6) is 0.879. The summed E-state index contributed by atoms with van der Waals surface area (Å²) in [6, 6.07) is 5.11. The number of nitrogens with two attached hydrogens (primary N) is 1. The van der Waals surface area contributed by atoms with Gasteiger partial charge in [-0.1, -0.05) is 13.0 Å². The van der Waals surface area contributed by atoms with Crippen LogP contribution in [0, 0.1) is 5.92 Å². The smallest absolute Gasteiger partial charge is 0.0519 e. The molecule has 0 spiro atoms. The van der Waals surface area contributed by atoms with Crippen molar-refractivity contribution in [3.8, 4) is 0 Å². The molecule has 0 aliphatic carbocycles. The van der Waals surface area contributed by atoms with E-state index in [9.17, 15) is 0 Å². The summed E-state index contributed by atoms with van der Waals surface area (Å²) in [5, 5.41) is 2.11. The highest BCUT2D eigenvalue weighted by molar-refractivity contribution is 7.10. The molecule has 1 aliphatic heterocycles. The molecule has 3 heteroatoms. The SMILES string of the molecule is CC1CCN(CC(N)c2cccs2)C(C)C1. The first-order chi connectivity index (χ1) is 7.66. The van der Waals surface area contributed by atoms with Crippen LogP contribution in [0.3, 0.4) is 0 Å². The third-order valence-corrected chi connectivity index (χ3v) is 4.62. The van der Waals surface area contributed by atoms with Gasteiger partial charge in [0.05, 0.1) is 6.04 Å². The molecular weight excluding hydrogens is 216 g/mol. The first-order valence-corrected chi connectivity index (χ1v) is 7.08. The van der Waals surface area contributed by atoms with Crippen LogP contribution in [-0.4, -0.2) is 24.0 Å². The Hall–Kier alpha value is -0.380. The summed E-state index contributed by atoms with van der Waals surface area (Å²) < 4.78 is 0. The second kappa shape index (κ2) is 5.30. The monoisotopic (exact) mass is 238 g/mol. The van der Waals surface area contributed by atoms with E-state index in [2.05, 4.69) is 36.3 Å². The predicted molar refractivity (Wildman–Crippen MR) is 70.7 cm³/mol. The summed E-state index contributed by atoms with van der Waals surface area (Å²) >= 11 is 1.77. The maximum Gasteiger partial charge on any atom is 0.0519 e. The van der Waals surface area contributed by atoms with Gasteiger partial charge in [0.2, 0.25) is 0 Å². The Morgan fingerprint density at radius 1 is 1.56 bits per heavy atom. The van der Waals surface area contributed by atoms with E-state index >= 15 is 0 Å². The molecule has 0 aromatic carbocycles. The molecule has 1 aromatic heterocycles. The van der Waals surface area contributed by atoms with Gasteiger partial charge in [-0.05, 0) is 43.7 Å². The van der Waals surface area contributed by atoms with Crippen LogP contribution in [0.15, 0.2) is 17.5 Å². The molecule has 1 saturated heterocycles. The number of nitrogens with zero attached hydrogens (tertiary/aromatic N) is 1. The third-order valence-electron chi connectivity index (χ3n) is 3.62. The van der Waals surface area contributed by atoms with Crippen LogP contribution in [0.5, 0.6) is 0 Å². The zero-order valence-electron chi connectivity index (χ0n) is 10.2. The lowest BCUT2D eigenvalue weighted by Gasteiger charge is -2.37. The minimum absolute atomic E-state index is 0.191. The fourth-order valence-electron chi connectivity index (χ4n) is 2.57. The lowest BCUT2D eigenvalue weighted by Crippen LogP contribution is -2.43. The number of thiophene rings is 1. The summed E-state index contributed by atoms with van der Waals surface area (Å²) in [7, 11) is 0. The van der Waals surface area contributed by atoms with Crippen molar-refractivity contribution in [1.82, 2.24) is 4.90 Å². The molecule has 1 aromatic rings. The molecule has 1 aliphatic rings. The molecule has 2 heterocycles. The molecule has 1 fully saturated rings. The number of hydrogen-bond donors (Lipinski definition) is 1. The van der Waals surface area contributed by atoms with Crippen LogP contribution < -0.4 is 5.73 Å². The largest absolute Gasteiger partial charge is 0.322 e. The topological polar surface area (TPSA) is 29.3 Å². The van der Waals surface area contributed by atoms with E-state index in [1.807, 2.05) is 0 Å². The fraction of sp³-hybridized carbons (Fsp3) is 0.692. The van der Waals surface area contributed by atoms with Crippen LogP contribution in [0.4, 0.5) is 0 Å². The number of hydrogen-bond acceptors (Lipinski definition) is 3. The number of likely N-dealkylation sites (tertiary alicyclic amines) is 1. The first kappa shape index (κ1) is 12.1. The molecule has 3 atom stereocenters. The van der Waals surface area contributed by atoms with Crippen molar-refractivity contribution in [2.75, 3.05) is 13.1 Å². The second-order valence-electron chi connectivity index (χ2n) is 5.10. The van der Waals surface area contributed by atoms with Gasteiger partial charge in [-0.15, -0.1) is 11.3 Å². The summed E-state index contributed by atoms with van der Waals surface area (Å²) in [6.07, 6.45) is 2.64. The molecule has 0 radical (unpaired) electrons. The maximum atomic E-state index is 6.24. The highest BCUT2D eigenvalue weighted by Gasteiger charge is 2.24. The average Bonchev–Trinajstić information content (AvgIpc) is 2.75. The van der Waals surface area contributed by atoms with Crippen molar-refractivity contribution in [2.24, 2.45) is 11.7 Å². The zero-order chi connectivity index (χ0) is 11.5. The minimum Gasteiger partial charge on any atom is -0.322 e. The van der Waals surface area contributed by atoms with Crippen LogP contribution in [0.2, 0.25) is 0 Å². The first-order valence-electron chi connectivity index (χ1n) is 6.20. The Morgan fingerprint density at radius 2 is 2.38 bits per heavy atom. The lowest BCUT2D eigenvalue weighted by atomic mass is 9.93. The maximum absolute atomic E-state index is 6.24. The normalized spacial score (nSPS) is 29.2. The van der Waals surface area contributed by atoms with Gasteiger partial charge in [0.25, 0.3) is 0 Å². The van der Waals surface area contributed by atoms with Crippen molar-refractivity contribution < 1.29 is 0 Å². The van der Waals surface area contributed by atoms with E-state index in [1.165, 1.54) is 24.3 Å². The Kier molecular flexibility index (Phi) is 4.00. The van der Waals surface area contributed by atoms with Crippen molar-refractivity contribution in [2.45, 2.75) is 38.8 Å². The van der Waals surface area contributed by atoms with Crippen LogP contribution in [0.25, 0.3) is 0 Å². The molecule has 0 saturated carbocycles. The minimum atomic E-state index is 0.191. The molecule has 2 N–H and O–H groups in total. The Labute approximate surface area is 102 Å². The van der Waals surface area contributed by atoms with Gasteiger partial charge in [-0.3, -0.25) is 4.90 Å². The van der Waals surface area contributed by atoms with E-state index in [4.69, 9.17) is 5.73 Å². The molecule has 0 amide bonds. The van der Waals surface area contributed by atoms with Crippen molar-refractivity contribution in [3.05, 3.63) is 22.4 Å². The number of rotatable bonds is 3. The van der Waals surface area contributed by atoms with Crippen LogP contribution in [0.1, 0.15) is 37.6 Å². The van der Waals surface area contributed by atoms with Crippen LogP contribution >= 0.6 is 11.3 Å². The summed E-state index contributed by atoms with van der Waals surface area (Å²) in [5.41, 5.74) is 6.24. The van der Waals surface area contributed by atoms with E-state index < -0.39 is 0 Å². The van der Waals surface area contributed by atoms with E-state index in [0.717, 1.165) is 12.5 Å². The van der Waals surface area contributed by atoms with Gasteiger partial charge >= 0.3 is 0 Å². The molecule has 2 rings (SSSR count). The van der Waals surface area contributed by atoms with Gasteiger partial charge in [-0.25, -0.2) is 0 Å². The number of piperidine rings is 1. The van der Waals surface area contributed by atoms with Gasteiger partial charge in [0.1, 0.15) is 0 Å². The van der Waals surface area contributed by atoms with Gasteiger partial charge in [-0.2, -0.15) is 0 Å². The zero-order valence-corrected chi connectivity index (χ0v) is 11.0. The van der Waals surface area contributed by atoms with Crippen molar-refractivity contribution in [1.29, 1.82) is 0 Å². The molecular formula is C13H22N2S. The molecule has 2 nitrogen and oxygen atoms in total. The summed E-state index contributed by atoms with van der Waals surface area (Å²) in [4.78, 5) is 3.86. The Bertz CT molecular complexity index is 310. The standard InChI is InChI=1S/C13H22N2S/c1-10-5-6-15(11(2)8-10)9-12(14)13-4-3-7-16-13/h3-4,7,10-12H,5-6,8-9,14H2,1-2H3. The van der Waals surface area contributed by atoms with Gasteiger partial charge < -0.3 is 5.73 Å². The molecule has 16 heavy (non-hydrogen) atoms. The van der Waals surface area contributed by atoms with Crippen molar-refractivity contribution in [3.63, 3.8) is 0 Å². The van der Waals surface area contributed by atoms with E-state index in [-0.39, 0.29) is 6.04 Å². The molecule has 3 unspecified atom stereocenters. The lowest BCUT2D eigenvalue weighted by molar-refractivity contribution is 0.122. The predicted octanol–water partition coefficient (Wildman–Crippen LogP) is 2.87. The fourth-order valence-corrected chi connectivity index (χ4v) is 3.29. The molecule has 90 valence electrons. The summed E-state index contributed by atoms with van der Waals surface area (Å²) in [6.45, 7) is 6.90. The van der Waals surface area contributed by atoms with Gasteiger partial charge in [0.15, 0.2) is 0 Å².